The van der Waals surface area contributed by atoms with Crippen molar-refractivity contribution < 1.29 is 9.90 Å². The Bertz CT molecular complexity index is 195. The van der Waals surface area contributed by atoms with E-state index in [1.54, 1.807) is 0 Å². The van der Waals surface area contributed by atoms with Crippen molar-refractivity contribution in [3.05, 3.63) is 0 Å². The lowest BCUT2D eigenvalue weighted by molar-refractivity contribution is -0.142. The monoisotopic (exact) mass is 170 g/mol. The van der Waals surface area contributed by atoms with Crippen LogP contribution in [0.1, 0.15) is 12.8 Å². The number of nitrogens with zero attached hydrogens (tertiary/aromatic N) is 1. The van der Waals surface area contributed by atoms with Gasteiger partial charge in [-0.2, -0.15) is 0 Å². The number of hydrogen-bond donors (Lipinski definition) is 2. The first kappa shape index (κ1) is 8.01. The highest BCUT2D eigenvalue weighted by Crippen LogP contribution is 2.24. The summed E-state index contributed by atoms with van der Waals surface area (Å²) in [5.74, 6) is -0.653. The average Bonchev–Trinajstić information content (AvgIpc) is 2.47. The van der Waals surface area contributed by atoms with Gasteiger partial charge in [0, 0.05) is 25.7 Å². The van der Waals surface area contributed by atoms with Gasteiger partial charge in [0.25, 0.3) is 0 Å². The van der Waals surface area contributed by atoms with E-state index in [0.717, 1.165) is 32.5 Å². The second-order valence-electron chi connectivity index (χ2n) is 3.53. The second kappa shape index (κ2) is 3.03. The number of piperazine rings is 1. The van der Waals surface area contributed by atoms with Crippen LogP contribution in [0.15, 0.2) is 0 Å². The standard InChI is InChI=1S/C8H14N2O2/c11-8(12)7-2-1-6-5-9-3-4-10(6)7/h6-7,9H,1-5H2,(H,11,12). The van der Waals surface area contributed by atoms with Crippen molar-refractivity contribution in [2.45, 2.75) is 24.9 Å². The summed E-state index contributed by atoms with van der Waals surface area (Å²) >= 11 is 0. The lowest BCUT2D eigenvalue weighted by Gasteiger charge is -2.32. The van der Waals surface area contributed by atoms with Gasteiger partial charge in [-0.15, -0.1) is 0 Å². The van der Waals surface area contributed by atoms with E-state index in [0.29, 0.717) is 6.04 Å². The van der Waals surface area contributed by atoms with Crippen LogP contribution in [0.2, 0.25) is 0 Å². The number of nitrogens with one attached hydrogen (secondary N) is 1. The van der Waals surface area contributed by atoms with Crippen LogP contribution in [0, 0.1) is 0 Å². The molecule has 2 rings (SSSR count). The Kier molecular flexibility index (Phi) is 2.02. The number of carbonyl (C=O) groups is 1. The lowest BCUT2D eigenvalue weighted by Crippen LogP contribution is -2.52. The van der Waals surface area contributed by atoms with E-state index in [2.05, 4.69) is 10.2 Å². The Balaban J connectivity index is 2.05. The van der Waals surface area contributed by atoms with Crippen LogP contribution in [-0.4, -0.2) is 47.7 Å². The summed E-state index contributed by atoms with van der Waals surface area (Å²) in [7, 11) is 0. The molecule has 2 fully saturated rings. The zero-order valence-corrected chi connectivity index (χ0v) is 6.99. The summed E-state index contributed by atoms with van der Waals surface area (Å²) in [6, 6.07) is 0.261. The van der Waals surface area contributed by atoms with Crippen LogP contribution in [0.5, 0.6) is 0 Å². The fraction of sp³-hybridized carbons (Fsp3) is 0.875. The molecule has 2 N–H and O–H groups in total. The van der Waals surface area contributed by atoms with Crippen molar-refractivity contribution in [3.63, 3.8) is 0 Å². The molecule has 68 valence electrons. The maximum atomic E-state index is 10.8. The van der Waals surface area contributed by atoms with Crippen LogP contribution in [0.3, 0.4) is 0 Å². The quantitative estimate of drug-likeness (QED) is 0.557. The van der Waals surface area contributed by atoms with Crippen molar-refractivity contribution in [2.24, 2.45) is 0 Å². The Labute approximate surface area is 71.5 Å². The molecule has 0 bridgehead atoms. The largest absolute Gasteiger partial charge is 0.480 e. The molecular formula is C8H14N2O2. The molecule has 2 saturated heterocycles. The number of hydrogen-bond acceptors (Lipinski definition) is 3. The van der Waals surface area contributed by atoms with Crippen LogP contribution >= 0.6 is 0 Å². The number of carboxylic acid groups (broad SMARTS) is 1. The van der Waals surface area contributed by atoms with Gasteiger partial charge in [-0.1, -0.05) is 0 Å². The van der Waals surface area contributed by atoms with E-state index in [9.17, 15) is 4.79 Å². The second-order valence-corrected chi connectivity index (χ2v) is 3.53. The van der Waals surface area contributed by atoms with Gasteiger partial charge in [0.2, 0.25) is 0 Å². The molecule has 0 aromatic heterocycles. The maximum Gasteiger partial charge on any atom is 0.320 e. The van der Waals surface area contributed by atoms with Gasteiger partial charge in [0.1, 0.15) is 6.04 Å². The van der Waals surface area contributed by atoms with Gasteiger partial charge in [-0.3, -0.25) is 9.69 Å². The first-order chi connectivity index (χ1) is 5.79. The van der Waals surface area contributed by atoms with Crippen molar-refractivity contribution >= 4 is 5.97 Å². The van der Waals surface area contributed by atoms with Gasteiger partial charge < -0.3 is 10.4 Å². The van der Waals surface area contributed by atoms with Gasteiger partial charge >= 0.3 is 5.97 Å². The normalized spacial score (nSPS) is 36.3. The predicted octanol–water partition coefficient (Wildman–Crippen LogP) is -0.493. The van der Waals surface area contributed by atoms with Gasteiger partial charge in [0.15, 0.2) is 0 Å². The molecule has 0 spiro atoms. The van der Waals surface area contributed by atoms with Gasteiger partial charge in [-0.05, 0) is 12.8 Å². The van der Waals surface area contributed by atoms with Crippen LogP contribution in [0.25, 0.3) is 0 Å². The van der Waals surface area contributed by atoms with E-state index >= 15 is 0 Å². The summed E-state index contributed by atoms with van der Waals surface area (Å²) in [5.41, 5.74) is 0. The number of fused-ring (bicyclic) bond motifs is 1. The first-order valence-corrected chi connectivity index (χ1v) is 4.48. The topological polar surface area (TPSA) is 52.6 Å². The summed E-state index contributed by atoms with van der Waals surface area (Å²) in [6.45, 7) is 2.78. The highest BCUT2D eigenvalue weighted by atomic mass is 16.4. The molecule has 2 unspecified atom stereocenters. The molecule has 0 saturated carbocycles. The zero-order valence-electron chi connectivity index (χ0n) is 6.99. The fourth-order valence-corrected chi connectivity index (χ4v) is 2.24. The molecule has 2 heterocycles. The Morgan fingerprint density at radius 2 is 2.33 bits per heavy atom. The number of rotatable bonds is 1. The maximum absolute atomic E-state index is 10.8. The Hall–Kier alpha value is -0.610. The van der Waals surface area contributed by atoms with E-state index in [1.807, 2.05) is 0 Å². The molecule has 2 atom stereocenters. The van der Waals surface area contributed by atoms with Crippen LogP contribution in [-0.2, 0) is 4.79 Å². The molecule has 0 aliphatic carbocycles. The van der Waals surface area contributed by atoms with Gasteiger partial charge in [0.05, 0.1) is 0 Å². The third-order valence-electron chi connectivity index (χ3n) is 2.85. The molecule has 12 heavy (non-hydrogen) atoms. The van der Waals surface area contributed by atoms with E-state index < -0.39 is 5.97 Å². The van der Waals surface area contributed by atoms with Crippen molar-refractivity contribution in [1.29, 1.82) is 0 Å². The molecular weight excluding hydrogens is 156 g/mol. The fourth-order valence-electron chi connectivity index (χ4n) is 2.24. The molecule has 4 nitrogen and oxygen atoms in total. The minimum absolute atomic E-state index is 0.211. The highest BCUT2D eigenvalue weighted by Gasteiger charge is 2.38. The summed E-state index contributed by atoms with van der Waals surface area (Å²) in [5, 5.41) is 12.2. The summed E-state index contributed by atoms with van der Waals surface area (Å²) in [4.78, 5) is 12.9. The zero-order chi connectivity index (χ0) is 8.55. The smallest absolute Gasteiger partial charge is 0.320 e. The van der Waals surface area contributed by atoms with Crippen molar-refractivity contribution in [3.8, 4) is 0 Å². The molecule has 2 aliphatic rings. The Morgan fingerprint density at radius 1 is 1.50 bits per heavy atom. The lowest BCUT2D eigenvalue weighted by atomic mass is 10.2. The van der Waals surface area contributed by atoms with Gasteiger partial charge in [-0.25, -0.2) is 0 Å². The van der Waals surface area contributed by atoms with Crippen LogP contribution < -0.4 is 5.32 Å². The predicted molar refractivity (Wildman–Crippen MR) is 44.0 cm³/mol. The molecule has 2 aliphatic heterocycles. The van der Waals surface area contributed by atoms with E-state index in [4.69, 9.17) is 5.11 Å². The minimum Gasteiger partial charge on any atom is -0.480 e. The van der Waals surface area contributed by atoms with E-state index in [1.165, 1.54) is 0 Å². The summed E-state index contributed by atoms with van der Waals surface area (Å²) in [6.07, 6.45) is 1.85. The summed E-state index contributed by atoms with van der Waals surface area (Å²) < 4.78 is 0. The first-order valence-electron chi connectivity index (χ1n) is 4.48. The average molecular weight is 170 g/mol. The third-order valence-corrected chi connectivity index (χ3v) is 2.85. The SMILES string of the molecule is O=C(O)C1CCC2CNCCN21. The molecule has 0 radical (unpaired) electrons. The highest BCUT2D eigenvalue weighted by molar-refractivity contribution is 5.74. The van der Waals surface area contributed by atoms with Crippen LogP contribution in [0.4, 0.5) is 0 Å². The number of aliphatic carboxylic acids is 1. The molecule has 0 aromatic carbocycles. The molecule has 4 heteroatoms. The van der Waals surface area contributed by atoms with E-state index in [-0.39, 0.29) is 6.04 Å². The molecule has 0 amide bonds. The number of carboxylic acids is 1. The minimum atomic E-state index is -0.653. The molecule has 0 aromatic rings. The van der Waals surface area contributed by atoms with Crippen molar-refractivity contribution in [2.75, 3.05) is 19.6 Å². The Morgan fingerprint density at radius 3 is 3.08 bits per heavy atom. The third kappa shape index (κ3) is 1.21. The van der Waals surface area contributed by atoms with Crippen molar-refractivity contribution in [1.82, 2.24) is 10.2 Å².